The average Bonchev–Trinajstić information content (AvgIpc) is 3.23. The van der Waals surface area contributed by atoms with Crippen LogP contribution in [0.25, 0.3) is 17.0 Å². The highest BCUT2D eigenvalue weighted by molar-refractivity contribution is 8.03. The van der Waals surface area contributed by atoms with Gasteiger partial charge in [0.15, 0.2) is 0 Å². The van der Waals surface area contributed by atoms with Crippen LogP contribution in [-0.4, -0.2) is 58.9 Å². The van der Waals surface area contributed by atoms with E-state index in [4.69, 9.17) is 4.74 Å². The summed E-state index contributed by atoms with van der Waals surface area (Å²) in [7, 11) is 10.8. The van der Waals surface area contributed by atoms with E-state index in [9.17, 15) is 0 Å². The third-order valence-electron chi connectivity index (χ3n) is 7.52. The molecule has 0 N–H and O–H groups in total. The third-order valence-corrected chi connectivity index (χ3v) is 8.62. The molecule has 3 heterocycles. The van der Waals surface area contributed by atoms with Gasteiger partial charge in [-0.3, -0.25) is 4.90 Å². The zero-order chi connectivity index (χ0) is 26.2. The molecule has 0 fully saturated rings. The van der Waals surface area contributed by atoms with Crippen molar-refractivity contribution in [3.05, 3.63) is 58.6 Å². The molecule has 3 aromatic rings. The maximum atomic E-state index is 5.64. The first-order valence-corrected chi connectivity index (χ1v) is 14.5. The van der Waals surface area contributed by atoms with Gasteiger partial charge in [0, 0.05) is 35.4 Å². The van der Waals surface area contributed by atoms with Crippen LogP contribution in [-0.2, 0) is 13.5 Å². The Kier molecular flexibility index (Phi) is 7.42. The van der Waals surface area contributed by atoms with E-state index in [0.29, 0.717) is 0 Å². The number of hydrogen-bond acceptors (Lipinski definition) is 4. The standard InChI is InChI=1S/C31H42N4OS/c1-7-16-33(17-10-19-35(3,4)5)29-20-24(26-15-14-25(36-6)22-27(26)32(29)2)21-30-34-18-9-12-23-11-8-13-28(37-30)31(23)34/h8,11,13-15,20-22H,7,9-10,12,16-19H2,1-6H3/q+2. The lowest BCUT2D eigenvalue weighted by Crippen LogP contribution is -2.43. The van der Waals surface area contributed by atoms with Gasteiger partial charge < -0.3 is 14.1 Å². The zero-order valence-electron chi connectivity index (χ0n) is 23.4. The van der Waals surface area contributed by atoms with Crippen molar-refractivity contribution < 1.29 is 13.8 Å². The smallest absolute Gasteiger partial charge is 0.277 e. The number of hydrogen-bond donors (Lipinski definition) is 0. The second kappa shape index (κ2) is 10.6. The number of para-hydroxylation sites is 1. The highest BCUT2D eigenvalue weighted by Crippen LogP contribution is 2.50. The molecule has 0 radical (unpaired) electrons. The summed E-state index contributed by atoms with van der Waals surface area (Å²) in [4.78, 5) is 6.52. The highest BCUT2D eigenvalue weighted by atomic mass is 32.2. The Morgan fingerprint density at radius 3 is 2.73 bits per heavy atom. The second-order valence-corrected chi connectivity index (χ2v) is 12.4. The van der Waals surface area contributed by atoms with Crippen LogP contribution in [0.1, 0.15) is 37.3 Å². The van der Waals surface area contributed by atoms with Crippen molar-refractivity contribution >= 4 is 40.2 Å². The SMILES string of the molecule is CCCN(CCC[N+](C)(C)C)c1cc(C=C2Sc3cccc4c3N2CCC4)c2ccc(OC)cc2[n+]1C. The van der Waals surface area contributed by atoms with Gasteiger partial charge in [0.1, 0.15) is 11.3 Å². The number of pyridine rings is 1. The van der Waals surface area contributed by atoms with E-state index in [1.807, 2.05) is 11.8 Å². The highest BCUT2D eigenvalue weighted by Gasteiger charge is 2.31. The van der Waals surface area contributed by atoms with Crippen molar-refractivity contribution in [1.82, 2.24) is 0 Å². The van der Waals surface area contributed by atoms with Crippen molar-refractivity contribution in [1.29, 1.82) is 0 Å². The Bertz CT molecular complexity index is 1330. The molecule has 5 rings (SSSR count). The van der Waals surface area contributed by atoms with Gasteiger partial charge in [0.2, 0.25) is 0 Å². The molecule has 0 saturated carbocycles. The summed E-state index contributed by atoms with van der Waals surface area (Å²) in [5.41, 5.74) is 5.41. The van der Waals surface area contributed by atoms with E-state index < -0.39 is 0 Å². The van der Waals surface area contributed by atoms with Gasteiger partial charge in [-0.25, -0.2) is 4.57 Å². The van der Waals surface area contributed by atoms with Crippen molar-refractivity contribution in [3.63, 3.8) is 0 Å². The minimum absolute atomic E-state index is 0.897. The Balaban J connectivity index is 1.60. The molecule has 0 unspecified atom stereocenters. The second-order valence-electron chi connectivity index (χ2n) is 11.4. The van der Waals surface area contributed by atoms with E-state index in [2.05, 4.69) is 98.0 Å². The van der Waals surface area contributed by atoms with Crippen LogP contribution in [0.3, 0.4) is 0 Å². The molecule has 5 nitrogen and oxygen atoms in total. The Morgan fingerprint density at radius 1 is 1.14 bits per heavy atom. The van der Waals surface area contributed by atoms with Crippen LogP contribution >= 0.6 is 11.8 Å². The minimum Gasteiger partial charge on any atom is -0.497 e. The normalized spacial score (nSPS) is 15.9. The molecule has 2 aromatic carbocycles. The maximum absolute atomic E-state index is 5.64. The summed E-state index contributed by atoms with van der Waals surface area (Å²) >= 11 is 1.92. The lowest BCUT2D eigenvalue weighted by atomic mass is 10.0. The first-order chi connectivity index (χ1) is 17.8. The average molecular weight is 519 g/mol. The number of thioether (sulfide) groups is 1. The van der Waals surface area contributed by atoms with Gasteiger partial charge in [-0.15, -0.1) is 0 Å². The summed E-state index contributed by atoms with van der Waals surface area (Å²) in [5.74, 6) is 2.17. The molecule has 6 heteroatoms. The van der Waals surface area contributed by atoms with Gasteiger partial charge in [0.05, 0.1) is 65.7 Å². The van der Waals surface area contributed by atoms with E-state index in [0.717, 1.165) is 49.3 Å². The van der Waals surface area contributed by atoms with Crippen LogP contribution in [0, 0.1) is 0 Å². The number of anilines is 2. The lowest BCUT2D eigenvalue weighted by Gasteiger charge is -2.27. The fourth-order valence-electron chi connectivity index (χ4n) is 5.69. The van der Waals surface area contributed by atoms with Crippen LogP contribution < -0.4 is 19.1 Å². The molecule has 2 aliphatic rings. The first-order valence-electron chi connectivity index (χ1n) is 13.6. The largest absolute Gasteiger partial charge is 0.497 e. The van der Waals surface area contributed by atoms with Crippen molar-refractivity contribution in [2.24, 2.45) is 7.05 Å². The lowest BCUT2D eigenvalue weighted by molar-refractivity contribution is -0.870. The van der Waals surface area contributed by atoms with E-state index >= 15 is 0 Å². The minimum atomic E-state index is 0.897. The molecule has 0 amide bonds. The summed E-state index contributed by atoms with van der Waals surface area (Å²) in [6.07, 6.45) is 7.10. The number of rotatable bonds is 9. The predicted molar refractivity (Wildman–Crippen MR) is 158 cm³/mol. The van der Waals surface area contributed by atoms with Crippen LogP contribution in [0.5, 0.6) is 5.75 Å². The van der Waals surface area contributed by atoms with Crippen molar-refractivity contribution in [3.8, 4) is 5.75 Å². The third kappa shape index (κ3) is 5.32. The molecular formula is C31H42N4OS+2. The first kappa shape index (κ1) is 25.9. The van der Waals surface area contributed by atoms with Gasteiger partial charge in [0.25, 0.3) is 5.82 Å². The Labute approximate surface area is 226 Å². The zero-order valence-corrected chi connectivity index (χ0v) is 24.2. The molecule has 2 aliphatic heterocycles. The number of quaternary nitrogens is 1. The summed E-state index contributed by atoms with van der Waals surface area (Å²) < 4.78 is 8.99. The van der Waals surface area contributed by atoms with Crippen LogP contribution in [0.2, 0.25) is 0 Å². The summed E-state index contributed by atoms with van der Waals surface area (Å²) in [6.45, 7) is 6.63. The fourth-order valence-corrected chi connectivity index (χ4v) is 6.88. The fraction of sp³-hybridized carbons (Fsp3) is 0.452. The number of aromatic nitrogens is 1. The number of aryl methyl sites for hydroxylation is 2. The summed E-state index contributed by atoms with van der Waals surface area (Å²) in [6, 6.07) is 15.7. The number of fused-ring (bicyclic) bond motifs is 1. The van der Waals surface area contributed by atoms with Crippen LogP contribution in [0.4, 0.5) is 11.5 Å². The molecule has 0 atom stereocenters. The Morgan fingerprint density at radius 2 is 1.97 bits per heavy atom. The molecule has 37 heavy (non-hydrogen) atoms. The van der Waals surface area contributed by atoms with E-state index in [1.165, 1.54) is 56.3 Å². The molecular weight excluding hydrogens is 476 g/mol. The topological polar surface area (TPSA) is 19.6 Å². The van der Waals surface area contributed by atoms with Gasteiger partial charge in [-0.1, -0.05) is 30.8 Å². The van der Waals surface area contributed by atoms with Gasteiger partial charge in [-0.2, -0.15) is 0 Å². The molecule has 0 saturated heterocycles. The number of methoxy groups -OCH3 is 1. The van der Waals surface area contributed by atoms with E-state index in [-0.39, 0.29) is 0 Å². The quantitative estimate of drug-likeness (QED) is 0.262. The van der Waals surface area contributed by atoms with Gasteiger partial charge >= 0.3 is 0 Å². The van der Waals surface area contributed by atoms with Crippen molar-refractivity contribution in [2.45, 2.75) is 37.5 Å². The van der Waals surface area contributed by atoms with Crippen molar-refractivity contribution in [2.75, 3.05) is 64.2 Å². The number of ether oxygens (including phenoxy) is 1. The Hall–Kier alpha value is -2.70. The molecule has 0 spiro atoms. The monoisotopic (exact) mass is 518 g/mol. The summed E-state index contributed by atoms with van der Waals surface area (Å²) in [5, 5.41) is 2.60. The molecule has 0 bridgehead atoms. The molecule has 0 aliphatic carbocycles. The number of nitrogens with zero attached hydrogens (tertiary/aromatic N) is 4. The number of benzene rings is 2. The predicted octanol–water partition coefficient (Wildman–Crippen LogP) is 5.84. The van der Waals surface area contributed by atoms with E-state index in [1.54, 1.807) is 7.11 Å². The molecule has 196 valence electrons. The maximum Gasteiger partial charge on any atom is 0.277 e. The van der Waals surface area contributed by atoms with Crippen LogP contribution in [0.15, 0.2) is 52.4 Å². The van der Waals surface area contributed by atoms with Gasteiger partial charge in [-0.05, 0) is 54.7 Å². The molecule has 1 aromatic heterocycles.